The number of hydrogen-bond acceptors (Lipinski definition) is 10. The van der Waals surface area contributed by atoms with E-state index in [9.17, 15) is 44.7 Å². The Morgan fingerprint density at radius 2 is 1.80 bits per heavy atom. The molecular weight excluding hydrogens is 658 g/mol. The number of rotatable bonds is 5. The van der Waals surface area contributed by atoms with Gasteiger partial charge in [-0.3, -0.25) is 24.1 Å². The molecule has 3 aliphatic carbocycles. The Bertz CT molecular complexity index is 1380. The second-order valence-electron chi connectivity index (χ2n) is 10.3. The van der Waals surface area contributed by atoms with Crippen LogP contribution in [0.2, 0.25) is 0 Å². The number of aliphatic hydroxyl groups is 4. The number of phenolic OH excluding ortho intramolecular Hbond substituents is 1. The van der Waals surface area contributed by atoms with Crippen molar-refractivity contribution in [2.24, 2.45) is 17.6 Å². The second-order valence-corrected chi connectivity index (χ2v) is 11.4. The average Bonchev–Trinajstić information content (AvgIpc) is 2.86. The number of hydrogen-bond donors (Lipinski definition) is 7. The van der Waals surface area contributed by atoms with E-state index in [0.717, 1.165) is 0 Å². The predicted molar refractivity (Wildman–Crippen MR) is 152 cm³/mol. The molecule has 2 amide bonds. The number of carbonyl (C=O) groups is 4. The van der Waals surface area contributed by atoms with Crippen LogP contribution in [0.3, 0.4) is 0 Å². The van der Waals surface area contributed by atoms with Gasteiger partial charge in [0.15, 0.2) is 11.4 Å². The maximum atomic E-state index is 14.0. The van der Waals surface area contributed by atoms with Gasteiger partial charge < -0.3 is 36.6 Å². The number of anilines is 1. The van der Waals surface area contributed by atoms with Crippen LogP contribution in [-0.2, 0) is 19.2 Å². The van der Waals surface area contributed by atoms with Crippen LogP contribution < -0.4 is 11.1 Å². The highest BCUT2D eigenvalue weighted by Crippen LogP contribution is 2.56. The average molecular weight is 689 g/mol. The third kappa shape index (κ3) is 4.28. The number of fused-ring (bicyclic) bond motifs is 3. The van der Waals surface area contributed by atoms with Gasteiger partial charge in [0.25, 0.3) is 5.91 Å². The van der Waals surface area contributed by atoms with E-state index in [2.05, 4.69) is 21.2 Å². The van der Waals surface area contributed by atoms with Gasteiger partial charge in [0.1, 0.15) is 22.8 Å². The van der Waals surface area contributed by atoms with E-state index >= 15 is 0 Å². The van der Waals surface area contributed by atoms with E-state index < -0.39 is 92.1 Å². The predicted octanol–water partition coefficient (Wildman–Crippen LogP) is 1.19. The summed E-state index contributed by atoms with van der Waals surface area (Å²) in [6.07, 6.45) is -1.22. The molecule has 0 saturated heterocycles. The Kier molecular flexibility index (Phi) is 8.65. The zero-order chi connectivity index (χ0) is 29.3. The largest absolute Gasteiger partial charge is 0.508 e. The minimum Gasteiger partial charge on any atom is -0.508 e. The van der Waals surface area contributed by atoms with E-state index in [-0.39, 0.29) is 28.2 Å². The Balaban J connectivity index is 0.00000441. The number of nitrogens with one attached hydrogen (secondary N) is 1. The first-order valence-electron chi connectivity index (χ1n) is 12.3. The fourth-order valence-corrected chi connectivity index (χ4v) is 6.23. The molecule has 1 saturated carbocycles. The first-order valence-corrected chi connectivity index (χ1v) is 13.2. The van der Waals surface area contributed by atoms with Crippen molar-refractivity contribution in [2.75, 3.05) is 19.4 Å². The van der Waals surface area contributed by atoms with Gasteiger partial charge in [-0.1, -0.05) is 35.8 Å². The standard InChI is InChI=1S/C26H30BrN3O9.BrH/c1-5-10(27)25(38)29-11-7-6-9-8(2)12-14(19(32)13(9)18(11)31)22(35)26(39)16(20(12)33)17(30(3)4)21(34)15(23(26)36)24(28)37;/h6-8,10,12,16-17,20,31-33,36,39H,5H2,1-4H3,(H2,28,37)(H,29,38);1H/t8?,10?,12?,16?,17-,20?,26-;/m0./s1. The summed E-state index contributed by atoms with van der Waals surface area (Å²) in [6, 6.07) is 1.52. The zero-order valence-corrected chi connectivity index (χ0v) is 25.3. The molecule has 5 unspecified atom stereocenters. The maximum absolute atomic E-state index is 14.0. The number of ketones is 2. The summed E-state index contributed by atoms with van der Waals surface area (Å²) in [4.78, 5) is 52.4. The van der Waals surface area contributed by atoms with Crippen LogP contribution in [-0.4, -0.2) is 90.5 Å². The lowest BCUT2D eigenvalue weighted by atomic mass is 9.54. The summed E-state index contributed by atoms with van der Waals surface area (Å²) in [5, 5.41) is 59.1. The number of Topliss-reactive ketones (excluding diaryl/α,β-unsaturated/α-hetero) is 2. The smallest absolute Gasteiger partial charge is 0.255 e. The number of primary amides is 1. The quantitative estimate of drug-likeness (QED) is 0.133. The monoisotopic (exact) mass is 687 g/mol. The first-order chi connectivity index (χ1) is 18.1. The van der Waals surface area contributed by atoms with E-state index in [4.69, 9.17) is 5.73 Å². The topological polar surface area (TPSA) is 211 Å². The molecule has 218 valence electrons. The van der Waals surface area contributed by atoms with Gasteiger partial charge in [0.2, 0.25) is 11.7 Å². The molecule has 0 aromatic heterocycles. The summed E-state index contributed by atoms with van der Waals surface area (Å²) in [5.74, 6) is -10.2. The molecule has 0 bridgehead atoms. The molecule has 12 nitrogen and oxygen atoms in total. The van der Waals surface area contributed by atoms with Crippen molar-refractivity contribution in [2.45, 2.75) is 48.8 Å². The molecule has 0 radical (unpaired) electrons. The first kappa shape index (κ1) is 31.7. The number of halogens is 2. The SMILES string of the molecule is Br.CCC(Br)C(=O)Nc1ccc2c(c1O)C(O)=C1C(=O)[C@]3(O)C(O)=C(C(N)=O)C(=O)[C@@H](N(C)C)C3C(O)C1C2C. The minimum absolute atomic E-state index is 0. The summed E-state index contributed by atoms with van der Waals surface area (Å²) < 4.78 is 0. The molecular formula is C26H31Br2N3O9. The number of aliphatic hydroxyl groups excluding tert-OH is 3. The van der Waals surface area contributed by atoms with Crippen LogP contribution in [0.4, 0.5) is 5.69 Å². The molecule has 0 aliphatic heterocycles. The number of alkyl halides is 1. The van der Waals surface area contributed by atoms with E-state index in [1.807, 2.05) is 0 Å². The number of nitrogens with zero attached hydrogens (tertiary/aromatic N) is 1. The number of nitrogens with two attached hydrogens (primary N) is 1. The molecule has 0 heterocycles. The summed E-state index contributed by atoms with van der Waals surface area (Å²) in [5.41, 5.74) is 0.912. The Labute approximate surface area is 248 Å². The molecule has 14 heteroatoms. The number of phenols is 1. The van der Waals surface area contributed by atoms with Crippen molar-refractivity contribution in [3.8, 4) is 5.75 Å². The third-order valence-corrected chi connectivity index (χ3v) is 9.09. The van der Waals surface area contributed by atoms with Crippen molar-refractivity contribution in [1.82, 2.24) is 4.90 Å². The van der Waals surface area contributed by atoms with Gasteiger partial charge in [0.05, 0.1) is 34.1 Å². The van der Waals surface area contributed by atoms with Gasteiger partial charge in [-0.2, -0.15) is 0 Å². The summed E-state index contributed by atoms with van der Waals surface area (Å²) >= 11 is 3.22. The highest BCUT2D eigenvalue weighted by Gasteiger charge is 2.68. The maximum Gasteiger partial charge on any atom is 0.255 e. The highest BCUT2D eigenvalue weighted by atomic mass is 79.9. The van der Waals surface area contributed by atoms with Gasteiger partial charge in [-0.15, -0.1) is 17.0 Å². The number of amides is 2. The lowest BCUT2D eigenvalue weighted by molar-refractivity contribution is -0.169. The second kappa shape index (κ2) is 10.9. The van der Waals surface area contributed by atoms with Crippen LogP contribution in [0.1, 0.15) is 37.3 Å². The summed E-state index contributed by atoms with van der Waals surface area (Å²) in [7, 11) is 2.88. The van der Waals surface area contributed by atoms with Gasteiger partial charge in [-0.05, 0) is 38.1 Å². The van der Waals surface area contributed by atoms with Crippen molar-refractivity contribution < 1.29 is 44.7 Å². The minimum atomic E-state index is -2.99. The Morgan fingerprint density at radius 1 is 1.20 bits per heavy atom. The molecule has 7 atom stereocenters. The van der Waals surface area contributed by atoms with E-state index in [1.54, 1.807) is 13.8 Å². The Morgan fingerprint density at radius 3 is 2.33 bits per heavy atom. The Hall–Kier alpha value is -2.78. The molecule has 3 aliphatic rings. The highest BCUT2D eigenvalue weighted by molar-refractivity contribution is 9.10. The summed E-state index contributed by atoms with van der Waals surface area (Å²) in [6.45, 7) is 3.40. The molecule has 0 spiro atoms. The van der Waals surface area contributed by atoms with Crippen LogP contribution in [0.25, 0.3) is 5.76 Å². The molecule has 1 fully saturated rings. The van der Waals surface area contributed by atoms with Crippen LogP contribution in [0.5, 0.6) is 5.75 Å². The van der Waals surface area contributed by atoms with Crippen molar-refractivity contribution in [3.63, 3.8) is 0 Å². The fourth-order valence-electron chi connectivity index (χ4n) is 6.11. The normalized spacial score (nSPS) is 30.2. The molecule has 1 aromatic carbocycles. The van der Waals surface area contributed by atoms with Crippen LogP contribution in [0.15, 0.2) is 29.0 Å². The lowest BCUT2D eigenvalue weighted by Crippen LogP contribution is -2.70. The van der Waals surface area contributed by atoms with Crippen molar-refractivity contribution in [1.29, 1.82) is 0 Å². The van der Waals surface area contributed by atoms with Gasteiger partial charge in [0, 0.05) is 11.5 Å². The number of aromatic hydroxyl groups is 1. The number of carbonyl (C=O) groups excluding carboxylic acids is 4. The lowest BCUT2D eigenvalue weighted by Gasteiger charge is -2.53. The van der Waals surface area contributed by atoms with Gasteiger partial charge in [-0.25, -0.2) is 0 Å². The number of likely N-dealkylation sites (N-methyl/N-ethyl adjacent to an activating group) is 1. The van der Waals surface area contributed by atoms with Crippen LogP contribution >= 0.6 is 32.9 Å². The zero-order valence-electron chi connectivity index (χ0n) is 22.0. The molecule has 1 aromatic rings. The molecule has 8 N–H and O–H groups in total. The fraction of sp³-hybridized carbons (Fsp3) is 0.462. The van der Waals surface area contributed by atoms with Gasteiger partial charge >= 0.3 is 0 Å². The third-order valence-electron chi connectivity index (χ3n) is 8.03. The van der Waals surface area contributed by atoms with E-state index in [0.29, 0.717) is 12.0 Å². The van der Waals surface area contributed by atoms with Crippen molar-refractivity contribution >= 4 is 67.7 Å². The van der Waals surface area contributed by atoms with E-state index in [1.165, 1.54) is 31.1 Å². The van der Waals surface area contributed by atoms with Crippen molar-refractivity contribution in [3.05, 3.63) is 40.2 Å². The number of benzene rings is 1. The molecule has 4 rings (SSSR count). The van der Waals surface area contributed by atoms with Crippen LogP contribution in [0, 0.1) is 11.8 Å². The molecule has 40 heavy (non-hydrogen) atoms.